The predicted octanol–water partition coefficient (Wildman–Crippen LogP) is 4.64. The summed E-state index contributed by atoms with van der Waals surface area (Å²) in [4.78, 5) is 10.5. The predicted molar refractivity (Wildman–Crippen MR) is 81.1 cm³/mol. The van der Waals surface area contributed by atoms with E-state index < -0.39 is 11.7 Å². The van der Waals surface area contributed by atoms with Crippen LogP contribution in [0.2, 0.25) is 5.02 Å². The number of rotatable bonds is 4. The molecule has 1 amide bonds. The molecule has 7 heteroatoms. The molecular formula is C15H12ClF3N2O. The molecule has 0 aliphatic heterocycles. The molecule has 0 unspecified atom stereocenters. The molecular weight excluding hydrogens is 317 g/mol. The molecule has 0 radical (unpaired) electrons. The van der Waals surface area contributed by atoms with Gasteiger partial charge in [-0.2, -0.15) is 13.2 Å². The first kappa shape index (κ1) is 16.2. The van der Waals surface area contributed by atoms with Crippen molar-refractivity contribution in [1.29, 1.82) is 0 Å². The minimum absolute atomic E-state index is 0.269. The second-order valence-corrected chi connectivity index (χ2v) is 4.82. The van der Waals surface area contributed by atoms with Crippen molar-refractivity contribution in [2.45, 2.75) is 6.18 Å². The monoisotopic (exact) mass is 328 g/mol. The quantitative estimate of drug-likeness (QED) is 0.803. The van der Waals surface area contributed by atoms with Crippen LogP contribution in [0.4, 0.5) is 24.5 Å². The van der Waals surface area contributed by atoms with Crippen LogP contribution in [-0.2, 0) is 11.0 Å². The van der Waals surface area contributed by atoms with E-state index in [1.807, 2.05) is 0 Å². The number of hydrogen-bond acceptors (Lipinski definition) is 2. The van der Waals surface area contributed by atoms with Crippen molar-refractivity contribution >= 4 is 29.4 Å². The van der Waals surface area contributed by atoms with Gasteiger partial charge in [-0.3, -0.25) is 4.79 Å². The lowest BCUT2D eigenvalue weighted by Gasteiger charge is -2.14. The standard InChI is InChI=1S/C15H12ClF3N2O/c1-20-13-7-9(5-6-12(13)21-8-22)10-3-2-4-11(14(10)16)15(17,18)19/h2-8,20H,1H3,(H,21,22). The number of amides is 1. The van der Waals surface area contributed by atoms with E-state index in [9.17, 15) is 18.0 Å². The molecule has 3 nitrogen and oxygen atoms in total. The Hall–Kier alpha value is -2.21. The third-order valence-electron chi connectivity index (χ3n) is 3.12. The number of halogens is 4. The summed E-state index contributed by atoms with van der Waals surface area (Å²) in [6.45, 7) is 0. The minimum Gasteiger partial charge on any atom is -0.386 e. The average Bonchev–Trinajstić information content (AvgIpc) is 2.47. The third-order valence-corrected chi connectivity index (χ3v) is 3.53. The van der Waals surface area contributed by atoms with Gasteiger partial charge in [0.1, 0.15) is 0 Å². The van der Waals surface area contributed by atoms with E-state index in [4.69, 9.17) is 11.6 Å². The van der Waals surface area contributed by atoms with Crippen molar-refractivity contribution in [1.82, 2.24) is 0 Å². The first-order chi connectivity index (χ1) is 10.4. The summed E-state index contributed by atoms with van der Waals surface area (Å²) < 4.78 is 38.7. The van der Waals surface area contributed by atoms with Gasteiger partial charge in [0.15, 0.2) is 0 Å². The van der Waals surface area contributed by atoms with Crippen molar-refractivity contribution in [2.75, 3.05) is 17.7 Å². The maximum atomic E-state index is 12.9. The van der Waals surface area contributed by atoms with Gasteiger partial charge >= 0.3 is 6.18 Å². The lowest BCUT2D eigenvalue weighted by molar-refractivity contribution is -0.137. The van der Waals surface area contributed by atoms with Crippen molar-refractivity contribution < 1.29 is 18.0 Å². The molecule has 0 heterocycles. The summed E-state index contributed by atoms with van der Waals surface area (Å²) in [6.07, 6.45) is -3.99. The average molecular weight is 329 g/mol. The van der Waals surface area contributed by atoms with Crippen LogP contribution in [0.1, 0.15) is 5.56 Å². The molecule has 2 rings (SSSR count). The van der Waals surface area contributed by atoms with Crippen LogP contribution in [0.3, 0.4) is 0 Å². The zero-order valence-corrected chi connectivity index (χ0v) is 12.2. The van der Waals surface area contributed by atoms with Crippen LogP contribution >= 0.6 is 11.6 Å². The van der Waals surface area contributed by atoms with E-state index >= 15 is 0 Å². The topological polar surface area (TPSA) is 41.1 Å². The lowest BCUT2D eigenvalue weighted by atomic mass is 10.0. The summed E-state index contributed by atoms with van der Waals surface area (Å²) in [6, 6.07) is 8.56. The Balaban J connectivity index is 2.55. The van der Waals surface area contributed by atoms with Crippen molar-refractivity contribution in [3.05, 3.63) is 47.0 Å². The Kier molecular flexibility index (Phi) is 4.61. The van der Waals surface area contributed by atoms with E-state index in [1.165, 1.54) is 12.1 Å². The summed E-state index contributed by atoms with van der Waals surface area (Å²) >= 11 is 5.91. The summed E-state index contributed by atoms with van der Waals surface area (Å²) in [7, 11) is 1.64. The zero-order valence-electron chi connectivity index (χ0n) is 11.5. The molecule has 2 aromatic rings. The largest absolute Gasteiger partial charge is 0.417 e. The Bertz CT molecular complexity index is 702. The fourth-order valence-electron chi connectivity index (χ4n) is 2.08. The molecule has 0 fully saturated rings. The molecule has 0 spiro atoms. The van der Waals surface area contributed by atoms with Gasteiger partial charge in [-0.25, -0.2) is 0 Å². The van der Waals surface area contributed by atoms with E-state index in [-0.39, 0.29) is 10.6 Å². The second-order valence-electron chi connectivity index (χ2n) is 4.44. The molecule has 0 aliphatic rings. The Morgan fingerprint density at radius 1 is 1.14 bits per heavy atom. The first-order valence-electron chi connectivity index (χ1n) is 6.26. The Labute approximate surface area is 130 Å². The number of carbonyl (C=O) groups is 1. The highest BCUT2D eigenvalue weighted by atomic mass is 35.5. The van der Waals surface area contributed by atoms with Crippen LogP contribution in [0.15, 0.2) is 36.4 Å². The summed E-state index contributed by atoms with van der Waals surface area (Å²) in [5, 5.41) is 5.01. The maximum Gasteiger partial charge on any atom is 0.417 e. The van der Waals surface area contributed by atoms with Crippen LogP contribution in [0, 0.1) is 0 Å². The van der Waals surface area contributed by atoms with Crippen molar-refractivity contribution in [2.24, 2.45) is 0 Å². The Morgan fingerprint density at radius 2 is 1.86 bits per heavy atom. The molecule has 2 N–H and O–H groups in total. The molecule has 116 valence electrons. The lowest BCUT2D eigenvalue weighted by Crippen LogP contribution is -2.06. The molecule has 0 atom stereocenters. The second kappa shape index (κ2) is 6.27. The molecule has 0 saturated carbocycles. The van der Waals surface area contributed by atoms with E-state index in [0.29, 0.717) is 23.3 Å². The van der Waals surface area contributed by atoms with Crippen LogP contribution in [0.5, 0.6) is 0 Å². The van der Waals surface area contributed by atoms with Gasteiger partial charge in [0.05, 0.1) is 22.0 Å². The van der Waals surface area contributed by atoms with Crippen molar-refractivity contribution in [3.63, 3.8) is 0 Å². The van der Waals surface area contributed by atoms with Gasteiger partial charge in [-0.1, -0.05) is 29.8 Å². The van der Waals surface area contributed by atoms with E-state index in [0.717, 1.165) is 6.07 Å². The van der Waals surface area contributed by atoms with Crippen molar-refractivity contribution in [3.8, 4) is 11.1 Å². The van der Waals surface area contributed by atoms with Gasteiger partial charge < -0.3 is 10.6 Å². The van der Waals surface area contributed by atoms with E-state index in [1.54, 1.807) is 25.2 Å². The number of anilines is 2. The molecule has 22 heavy (non-hydrogen) atoms. The Morgan fingerprint density at radius 3 is 2.45 bits per heavy atom. The third kappa shape index (κ3) is 3.17. The summed E-state index contributed by atoms with van der Waals surface area (Å²) in [5.74, 6) is 0. The van der Waals surface area contributed by atoms with Crippen LogP contribution in [0.25, 0.3) is 11.1 Å². The highest BCUT2D eigenvalue weighted by molar-refractivity contribution is 6.34. The molecule has 0 aromatic heterocycles. The van der Waals surface area contributed by atoms with Gasteiger partial charge in [0.2, 0.25) is 6.41 Å². The molecule has 0 saturated heterocycles. The van der Waals surface area contributed by atoms with Gasteiger partial charge in [-0.05, 0) is 23.8 Å². The van der Waals surface area contributed by atoms with Crippen LogP contribution < -0.4 is 10.6 Å². The number of hydrogen-bond donors (Lipinski definition) is 2. The first-order valence-corrected chi connectivity index (χ1v) is 6.64. The van der Waals surface area contributed by atoms with Gasteiger partial charge in [0, 0.05) is 12.6 Å². The van der Waals surface area contributed by atoms with Crippen LogP contribution in [-0.4, -0.2) is 13.5 Å². The van der Waals surface area contributed by atoms with Gasteiger partial charge in [0.25, 0.3) is 0 Å². The highest BCUT2D eigenvalue weighted by Crippen LogP contribution is 2.40. The SMILES string of the molecule is CNc1cc(-c2cccc(C(F)(F)F)c2Cl)ccc1NC=O. The smallest absolute Gasteiger partial charge is 0.386 e. The fourth-order valence-corrected chi connectivity index (χ4v) is 2.42. The summed E-state index contributed by atoms with van der Waals surface area (Å²) in [5.41, 5.74) is 0.984. The van der Waals surface area contributed by atoms with Gasteiger partial charge in [-0.15, -0.1) is 0 Å². The zero-order chi connectivity index (χ0) is 16.3. The molecule has 0 aliphatic carbocycles. The fraction of sp³-hybridized carbons (Fsp3) is 0.133. The molecule has 2 aromatic carbocycles. The molecule has 0 bridgehead atoms. The highest BCUT2D eigenvalue weighted by Gasteiger charge is 2.33. The maximum absolute atomic E-state index is 12.9. The number of carbonyl (C=O) groups excluding carboxylic acids is 1. The number of benzene rings is 2. The normalized spacial score (nSPS) is 11.1. The number of alkyl halides is 3. The van der Waals surface area contributed by atoms with E-state index in [2.05, 4.69) is 10.6 Å². The number of nitrogens with one attached hydrogen (secondary N) is 2. The minimum atomic E-state index is -4.52.